The Labute approximate surface area is 127 Å². The number of methoxy groups -OCH3 is 1. The minimum Gasteiger partial charge on any atom is -0.481 e. The molecule has 0 radical (unpaired) electrons. The lowest BCUT2D eigenvalue weighted by molar-refractivity contribution is -0.0250. The molecule has 1 heterocycles. The smallest absolute Gasteiger partial charge is 0.217 e. The van der Waals surface area contributed by atoms with E-state index in [2.05, 4.69) is 18.9 Å². The van der Waals surface area contributed by atoms with Crippen molar-refractivity contribution in [1.29, 1.82) is 0 Å². The summed E-state index contributed by atoms with van der Waals surface area (Å²) in [7, 11) is 3.45. The van der Waals surface area contributed by atoms with Crippen molar-refractivity contribution < 1.29 is 9.84 Å². The number of aromatic nitrogens is 2. The first kappa shape index (κ1) is 16.3. The fraction of sp³-hybridized carbons (Fsp3) is 0.812. The lowest BCUT2D eigenvalue weighted by Crippen LogP contribution is -2.42. The van der Waals surface area contributed by atoms with E-state index in [0.29, 0.717) is 17.8 Å². The van der Waals surface area contributed by atoms with Gasteiger partial charge in [0.25, 0.3) is 0 Å². The molecule has 5 heteroatoms. The minimum absolute atomic E-state index is 0.267. The fourth-order valence-corrected chi connectivity index (χ4v) is 3.53. The summed E-state index contributed by atoms with van der Waals surface area (Å²) in [5, 5.41) is 15.4. The molecule has 2 rings (SSSR count). The Kier molecular flexibility index (Phi) is 4.36. The molecule has 0 saturated heterocycles. The van der Waals surface area contributed by atoms with Crippen molar-refractivity contribution in [3.63, 3.8) is 0 Å². The van der Waals surface area contributed by atoms with E-state index < -0.39 is 6.10 Å². The van der Waals surface area contributed by atoms with E-state index in [-0.39, 0.29) is 5.41 Å². The fourth-order valence-electron chi connectivity index (χ4n) is 3.53. The van der Waals surface area contributed by atoms with Gasteiger partial charge in [-0.3, -0.25) is 0 Å². The molecule has 120 valence electrons. The number of ether oxygens (including phenoxy) is 1. The third-order valence-electron chi connectivity index (χ3n) is 5.27. The number of aliphatic hydroxyl groups excluding tert-OH is 1. The number of hydrogen-bond acceptors (Lipinski definition) is 4. The molecule has 5 nitrogen and oxygen atoms in total. The van der Waals surface area contributed by atoms with Crippen molar-refractivity contribution >= 4 is 0 Å². The van der Waals surface area contributed by atoms with E-state index in [1.54, 1.807) is 11.8 Å². The molecule has 0 bridgehead atoms. The highest BCUT2D eigenvalue weighted by atomic mass is 16.5. The summed E-state index contributed by atoms with van der Waals surface area (Å²) in [6.45, 7) is 6.98. The van der Waals surface area contributed by atoms with Crippen LogP contribution >= 0.6 is 0 Å². The van der Waals surface area contributed by atoms with Crippen LogP contribution in [0.4, 0.5) is 0 Å². The number of aliphatic hydroxyl groups is 1. The van der Waals surface area contributed by atoms with Crippen LogP contribution < -0.4 is 10.5 Å². The Hall–Kier alpha value is -1.07. The van der Waals surface area contributed by atoms with Gasteiger partial charge in [0.1, 0.15) is 0 Å². The zero-order valence-corrected chi connectivity index (χ0v) is 13.9. The molecule has 1 atom stereocenters. The zero-order chi connectivity index (χ0) is 15.8. The van der Waals surface area contributed by atoms with E-state index in [0.717, 1.165) is 36.9 Å². The molecule has 1 unspecified atom stereocenters. The van der Waals surface area contributed by atoms with Gasteiger partial charge in [-0.1, -0.05) is 13.8 Å². The second kappa shape index (κ2) is 5.61. The normalized spacial score (nSPS) is 22.0. The molecule has 1 aromatic rings. The first-order valence-electron chi connectivity index (χ1n) is 7.72. The number of hydrogen-bond donors (Lipinski definition) is 2. The summed E-state index contributed by atoms with van der Waals surface area (Å²) in [6.07, 6.45) is 3.43. The summed E-state index contributed by atoms with van der Waals surface area (Å²) in [5.41, 5.74) is 7.77. The summed E-state index contributed by atoms with van der Waals surface area (Å²) >= 11 is 0. The standard InChI is InChI=1S/C16H29N3O2/c1-11-12(14(21-5)19(4)18-11)13(20)16(10-17)8-6-15(2,3)7-9-16/h13,20H,6-10,17H2,1-5H3. The lowest BCUT2D eigenvalue weighted by Gasteiger charge is -2.45. The van der Waals surface area contributed by atoms with Crippen LogP contribution in [0.1, 0.15) is 56.9 Å². The van der Waals surface area contributed by atoms with Crippen LogP contribution in [-0.4, -0.2) is 28.5 Å². The van der Waals surface area contributed by atoms with Crippen LogP contribution in [0.2, 0.25) is 0 Å². The highest BCUT2D eigenvalue weighted by Crippen LogP contribution is 2.52. The van der Waals surface area contributed by atoms with Gasteiger partial charge in [-0.25, -0.2) is 4.68 Å². The van der Waals surface area contributed by atoms with Gasteiger partial charge < -0.3 is 15.6 Å². The van der Waals surface area contributed by atoms with E-state index in [9.17, 15) is 5.11 Å². The van der Waals surface area contributed by atoms with E-state index in [4.69, 9.17) is 10.5 Å². The van der Waals surface area contributed by atoms with Gasteiger partial charge in [0, 0.05) is 19.0 Å². The maximum atomic E-state index is 11.1. The summed E-state index contributed by atoms with van der Waals surface area (Å²) in [4.78, 5) is 0. The molecule has 0 aromatic carbocycles. The number of aryl methyl sites for hydroxylation is 2. The van der Waals surface area contributed by atoms with Crippen molar-refractivity contribution in [3.05, 3.63) is 11.3 Å². The molecule has 1 saturated carbocycles. The van der Waals surface area contributed by atoms with Crippen LogP contribution in [0.5, 0.6) is 5.88 Å². The number of nitrogens with two attached hydrogens (primary N) is 1. The van der Waals surface area contributed by atoms with Crippen LogP contribution in [0, 0.1) is 17.8 Å². The molecule has 0 aliphatic heterocycles. The van der Waals surface area contributed by atoms with Gasteiger partial charge in [-0.2, -0.15) is 5.10 Å². The zero-order valence-electron chi connectivity index (χ0n) is 13.9. The summed E-state index contributed by atoms with van der Waals surface area (Å²) in [5.74, 6) is 0.637. The number of nitrogens with zero attached hydrogens (tertiary/aromatic N) is 2. The SMILES string of the molecule is COc1c(C(O)C2(CN)CCC(C)(C)CC2)c(C)nn1C. The van der Waals surface area contributed by atoms with E-state index in [1.807, 2.05) is 14.0 Å². The maximum absolute atomic E-state index is 11.1. The predicted octanol–water partition coefficient (Wildman–Crippen LogP) is 2.32. The Morgan fingerprint density at radius 3 is 2.38 bits per heavy atom. The molecule has 21 heavy (non-hydrogen) atoms. The summed E-state index contributed by atoms with van der Waals surface area (Å²) in [6, 6.07) is 0. The van der Waals surface area contributed by atoms with Crippen LogP contribution in [0.3, 0.4) is 0 Å². The average molecular weight is 295 g/mol. The van der Waals surface area contributed by atoms with Crippen LogP contribution in [0.25, 0.3) is 0 Å². The van der Waals surface area contributed by atoms with Gasteiger partial charge in [0.05, 0.1) is 24.5 Å². The Bertz CT molecular complexity index is 498. The van der Waals surface area contributed by atoms with Crippen molar-refractivity contribution in [1.82, 2.24) is 9.78 Å². The van der Waals surface area contributed by atoms with Gasteiger partial charge in [-0.05, 0) is 38.0 Å². The average Bonchev–Trinajstić information content (AvgIpc) is 2.72. The molecular weight excluding hydrogens is 266 g/mol. The van der Waals surface area contributed by atoms with E-state index in [1.165, 1.54) is 0 Å². The van der Waals surface area contributed by atoms with Gasteiger partial charge in [0.2, 0.25) is 5.88 Å². The van der Waals surface area contributed by atoms with E-state index >= 15 is 0 Å². The third kappa shape index (κ3) is 2.81. The molecule has 1 fully saturated rings. The molecule has 1 aliphatic carbocycles. The van der Waals surface area contributed by atoms with Crippen molar-refractivity contribution in [2.45, 2.75) is 52.6 Å². The Morgan fingerprint density at radius 2 is 1.90 bits per heavy atom. The highest BCUT2D eigenvalue weighted by molar-refractivity contribution is 5.35. The molecule has 0 spiro atoms. The quantitative estimate of drug-likeness (QED) is 0.894. The van der Waals surface area contributed by atoms with Crippen molar-refractivity contribution in [3.8, 4) is 5.88 Å². The van der Waals surface area contributed by atoms with Crippen LogP contribution in [0.15, 0.2) is 0 Å². The summed E-state index contributed by atoms with van der Waals surface area (Å²) < 4.78 is 7.12. The number of rotatable bonds is 4. The highest BCUT2D eigenvalue weighted by Gasteiger charge is 2.45. The second-order valence-electron chi connectivity index (χ2n) is 7.27. The first-order valence-corrected chi connectivity index (χ1v) is 7.72. The predicted molar refractivity (Wildman–Crippen MR) is 83.2 cm³/mol. The topological polar surface area (TPSA) is 73.3 Å². The van der Waals surface area contributed by atoms with Gasteiger partial charge in [-0.15, -0.1) is 0 Å². The largest absolute Gasteiger partial charge is 0.481 e. The molecule has 1 aliphatic rings. The molecular formula is C16H29N3O2. The monoisotopic (exact) mass is 295 g/mol. The lowest BCUT2D eigenvalue weighted by atomic mass is 9.62. The van der Waals surface area contributed by atoms with Gasteiger partial charge >= 0.3 is 0 Å². The first-order chi connectivity index (χ1) is 9.76. The molecule has 3 N–H and O–H groups in total. The van der Waals surface area contributed by atoms with Gasteiger partial charge in [0.15, 0.2) is 0 Å². The Morgan fingerprint density at radius 1 is 1.33 bits per heavy atom. The van der Waals surface area contributed by atoms with Crippen LogP contribution in [-0.2, 0) is 7.05 Å². The van der Waals surface area contributed by atoms with Crippen molar-refractivity contribution in [2.75, 3.05) is 13.7 Å². The maximum Gasteiger partial charge on any atom is 0.217 e. The van der Waals surface area contributed by atoms with Crippen molar-refractivity contribution in [2.24, 2.45) is 23.6 Å². The second-order valence-corrected chi connectivity index (χ2v) is 7.27. The minimum atomic E-state index is -0.623. The third-order valence-corrected chi connectivity index (χ3v) is 5.27. The Balaban J connectivity index is 2.36. The molecule has 1 aromatic heterocycles. The molecule has 0 amide bonds.